The van der Waals surface area contributed by atoms with Gasteiger partial charge in [-0.25, -0.2) is 8.42 Å². The van der Waals surface area contributed by atoms with Crippen LogP contribution in [0.3, 0.4) is 0 Å². The van der Waals surface area contributed by atoms with Crippen LogP contribution in [0.15, 0.2) is 53.3 Å². The Morgan fingerprint density at radius 1 is 1.14 bits per heavy atom. The zero-order valence-electron chi connectivity index (χ0n) is 16.2. The Morgan fingerprint density at radius 2 is 1.90 bits per heavy atom. The van der Waals surface area contributed by atoms with Crippen LogP contribution in [-0.2, 0) is 27.8 Å². The molecule has 2 heterocycles. The minimum atomic E-state index is -3.37. The van der Waals surface area contributed by atoms with Crippen molar-refractivity contribution in [3.63, 3.8) is 0 Å². The van der Waals surface area contributed by atoms with Crippen LogP contribution in [0.4, 0.5) is 11.4 Å². The lowest BCUT2D eigenvalue weighted by Gasteiger charge is -2.17. The molecule has 1 aliphatic rings. The number of fused-ring (bicyclic) bond motifs is 2. The average molecular weight is 411 g/mol. The number of hydrogen-bond acceptors (Lipinski definition) is 4. The van der Waals surface area contributed by atoms with Gasteiger partial charge in [0.05, 0.1) is 17.5 Å². The molecule has 0 radical (unpaired) electrons. The first-order chi connectivity index (χ1) is 13.7. The van der Waals surface area contributed by atoms with Crippen LogP contribution in [-0.4, -0.2) is 31.7 Å². The standard InChI is InChI=1S/C21H21N3O4S/c1-14-11-21(26)23(18-6-4-3-5-17(14)18)13-20(25)22-16-8-7-15-9-10-24(19(15)12-16)29(2,27)28/h3-8,11-12H,9-10,13H2,1-2H3,(H,22,25). The fourth-order valence-electron chi connectivity index (χ4n) is 3.78. The first kappa shape index (κ1) is 19.2. The number of carbonyl (C=O) groups excluding carboxylic acids is 1. The van der Waals surface area contributed by atoms with Crippen LogP contribution in [0, 0.1) is 6.92 Å². The molecule has 7 nitrogen and oxygen atoms in total. The lowest BCUT2D eigenvalue weighted by molar-refractivity contribution is -0.116. The van der Waals surface area contributed by atoms with E-state index in [1.54, 1.807) is 12.1 Å². The molecular formula is C21H21N3O4S. The van der Waals surface area contributed by atoms with Gasteiger partial charge in [0.15, 0.2) is 0 Å². The fraction of sp³-hybridized carbons (Fsp3) is 0.238. The highest BCUT2D eigenvalue weighted by Crippen LogP contribution is 2.32. The van der Waals surface area contributed by atoms with Gasteiger partial charge < -0.3 is 5.32 Å². The van der Waals surface area contributed by atoms with Crippen LogP contribution < -0.4 is 15.2 Å². The lowest BCUT2D eigenvalue weighted by atomic mass is 10.1. The Bertz CT molecular complexity index is 1300. The number of hydrogen-bond donors (Lipinski definition) is 1. The molecule has 0 aliphatic carbocycles. The molecule has 0 saturated heterocycles. The molecular weight excluding hydrogens is 390 g/mol. The number of para-hydroxylation sites is 1. The van der Waals surface area contributed by atoms with Crippen molar-refractivity contribution in [2.75, 3.05) is 22.4 Å². The highest BCUT2D eigenvalue weighted by molar-refractivity contribution is 7.92. The molecule has 0 atom stereocenters. The van der Waals surface area contributed by atoms with E-state index in [1.165, 1.54) is 21.2 Å². The molecule has 3 aromatic rings. The van der Waals surface area contributed by atoms with Crippen molar-refractivity contribution in [2.45, 2.75) is 19.9 Å². The van der Waals surface area contributed by atoms with Gasteiger partial charge in [0, 0.05) is 23.7 Å². The average Bonchev–Trinajstić information content (AvgIpc) is 3.09. The van der Waals surface area contributed by atoms with Crippen LogP contribution >= 0.6 is 0 Å². The summed E-state index contributed by atoms with van der Waals surface area (Å²) in [5.74, 6) is -0.357. The molecule has 1 aliphatic heterocycles. The quantitative estimate of drug-likeness (QED) is 0.713. The van der Waals surface area contributed by atoms with E-state index in [4.69, 9.17) is 0 Å². The molecule has 150 valence electrons. The number of pyridine rings is 1. The molecule has 4 rings (SSSR count). The van der Waals surface area contributed by atoms with Gasteiger partial charge >= 0.3 is 0 Å². The highest BCUT2D eigenvalue weighted by atomic mass is 32.2. The lowest BCUT2D eigenvalue weighted by Crippen LogP contribution is -2.28. The highest BCUT2D eigenvalue weighted by Gasteiger charge is 2.26. The Hall–Kier alpha value is -3.13. The van der Waals surface area contributed by atoms with Crippen molar-refractivity contribution in [2.24, 2.45) is 0 Å². The molecule has 0 unspecified atom stereocenters. The van der Waals surface area contributed by atoms with E-state index >= 15 is 0 Å². The summed E-state index contributed by atoms with van der Waals surface area (Å²) in [5.41, 5.74) is 3.33. The second-order valence-electron chi connectivity index (χ2n) is 7.25. The van der Waals surface area contributed by atoms with E-state index in [0.29, 0.717) is 29.9 Å². The van der Waals surface area contributed by atoms with Gasteiger partial charge in [-0.05, 0) is 42.7 Å². The van der Waals surface area contributed by atoms with Crippen LogP contribution in [0.1, 0.15) is 11.1 Å². The van der Waals surface area contributed by atoms with E-state index < -0.39 is 10.0 Å². The number of aryl methyl sites for hydroxylation is 1. The Morgan fingerprint density at radius 3 is 2.66 bits per heavy atom. The summed E-state index contributed by atoms with van der Waals surface area (Å²) >= 11 is 0. The fourth-order valence-corrected chi connectivity index (χ4v) is 4.73. The molecule has 8 heteroatoms. The third-order valence-corrected chi connectivity index (χ3v) is 6.33. The minimum Gasteiger partial charge on any atom is -0.324 e. The number of anilines is 2. The monoisotopic (exact) mass is 411 g/mol. The number of carbonyl (C=O) groups is 1. The maximum atomic E-state index is 12.6. The van der Waals surface area contributed by atoms with E-state index in [9.17, 15) is 18.0 Å². The molecule has 29 heavy (non-hydrogen) atoms. The first-order valence-corrected chi connectivity index (χ1v) is 11.1. The minimum absolute atomic E-state index is 0.132. The molecule has 1 amide bonds. The van der Waals surface area contributed by atoms with Crippen molar-refractivity contribution < 1.29 is 13.2 Å². The zero-order chi connectivity index (χ0) is 20.8. The summed E-state index contributed by atoms with van der Waals surface area (Å²) in [6.07, 6.45) is 1.81. The normalized spacial score (nSPS) is 13.5. The van der Waals surface area contributed by atoms with Crippen LogP contribution in [0.2, 0.25) is 0 Å². The predicted molar refractivity (Wildman–Crippen MR) is 114 cm³/mol. The number of benzene rings is 2. The predicted octanol–water partition coefficient (Wildman–Crippen LogP) is 2.27. The van der Waals surface area contributed by atoms with Crippen LogP contribution in [0.5, 0.6) is 0 Å². The second-order valence-corrected chi connectivity index (χ2v) is 9.15. The van der Waals surface area contributed by atoms with Crippen molar-refractivity contribution in [3.05, 3.63) is 70.0 Å². The van der Waals surface area contributed by atoms with E-state index in [1.807, 2.05) is 37.3 Å². The van der Waals surface area contributed by atoms with Gasteiger partial charge in [0.1, 0.15) is 6.54 Å². The third kappa shape index (κ3) is 3.63. The van der Waals surface area contributed by atoms with Gasteiger partial charge in [-0.2, -0.15) is 0 Å². The summed E-state index contributed by atoms with van der Waals surface area (Å²) in [4.78, 5) is 25.1. The molecule has 0 saturated carbocycles. The molecule has 0 fully saturated rings. The summed E-state index contributed by atoms with van der Waals surface area (Å²) in [5, 5.41) is 3.70. The summed E-state index contributed by atoms with van der Waals surface area (Å²) in [7, 11) is -3.37. The maximum absolute atomic E-state index is 12.6. The SMILES string of the molecule is Cc1cc(=O)n(CC(=O)Nc2ccc3c(c2)N(S(C)(=O)=O)CC3)c2ccccc12. The van der Waals surface area contributed by atoms with Gasteiger partial charge in [-0.1, -0.05) is 24.3 Å². The topological polar surface area (TPSA) is 88.5 Å². The summed E-state index contributed by atoms with van der Waals surface area (Å²) < 4.78 is 26.7. The first-order valence-electron chi connectivity index (χ1n) is 9.24. The smallest absolute Gasteiger partial charge is 0.251 e. The molecule has 2 aromatic carbocycles. The van der Waals surface area contributed by atoms with Gasteiger partial charge in [-0.15, -0.1) is 0 Å². The number of nitrogens with one attached hydrogen (secondary N) is 1. The molecule has 0 spiro atoms. The van der Waals surface area contributed by atoms with Crippen molar-refractivity contribution in [1.82, 2.24) is 4.57 Å². The number of rotatable bonds is 4. The van der Waals surface area contributed by atoms with E-state index in [-0.39, 0.29) is 18.0 Å². The van der Waals surface area contributed by atoms with Crippen molar-refractivity contribution in [1.29, 1.82) is 0 Å². The van der Waals surface area contributed by atoms with Gasteiger partial charge in [0.2, 0.25) is 15.9 Å². The number of nitrogens with zero attached hydrogens (tertiary/aromatic N) is 2. The number of aromatic nitrogens is 1. The molecule has 1 aromatic heterocycles. The molecule has 1 N–H and O–H groups in total. The van der Waals surface area contributed by atoms with E-state index in [0.717, 1.165) is 16.5 Å². The van der Waals surface area contributed by atoms with Gasteiger partial charge in [0.25, 0.3) is 5.56 Å². The summed E-state index contributed by atoms with van der Waals surface area (Å²) in [6, 6.07) is 14.2. The Labute approximate surface area is 168 Å². The number of amides is 1. The van der Waals surface area contributed by atoms with Gasteiger partial charge in [-0.3, -0.25) is 18.5 Å². The van der Waals surface area contributed by atoms with Crippen LogP contribution in [0.25, 0.3) is 10.9 Å². The Kier molecular flexibility index (Phi) is 4.66. The van der Waals surface area contributed by atoms with Crippen molar-refractivity contribution in [3.8, 4) is 0 Å². The van der Waals surface area contributed by atoms with Crippen molar-refractivity contribution >= 4 is 38.2 Å². The second kappa shape index (κ2) is 7.04. The maximum Gasteiger partial charge on any atom is 0.251 e. The molecule has 0 bridgehead atoms. The zero-order valence-corrected chi connectivity index (χ0v) is 17.0. The summed E-state index contributed by atoms with van der Waals surface area (Å²) in [6.45, 7) is 2.13. The largest absolute Gasteiger partial charge is 0.324 e. The van der Waals surface area contributed by atoms with E-state index in [2.05, 4.69) is 5.32 Å². The number of sulfonamides is 1. The third-order valence-electron chi connectivity index (χ3n) is 5.15. The Balaban J connectivity index is 1.61.